The predicted molar refractivity (Wildman–Crippen MR) is 97.7 cm³/mol. The molecule has 0 radical (unpaired) electrons. The number of amides is 1. The van der Waals surface area contributed by atoms with Gasteiger partial charge in [-0.25, -0.2) is 16.8 Å². The number of hydrogen-bond acceptors (Lipinski definition) is 5. The van der Waals surface area contributed by atoms with E-state index in [9.17, 15) is 21.6 Å². The summed E-state index contributed by atoms with van der Waals surface area (Å²) in [6.45, 7) is 1.95. The second kappa shape index (κ2) is 7.84. The number of para-hydroxylation sites is 1. The summed E-state index contributed by atoms with van der Waals surface area (Å²) in [5.41, 5.74) is 1.71. The van der Waals surface area contributed by atoms with Gasteiger partial charge in [-0.05, 0) is 24.5 Å². The van der Waals surface area contributed by atoms with Gasteiger partial charge in [0, 0.05) is 24.7 Å². The fourth-order valence-corrected chi connectivity index (χ4v) is 5.97. The number of hydrogen-bond donors (Lipinski definition) is 1. The van der Waals surface area contributed by atoms with Crippen molar-refractivity contribution < 1.29 is 21.6 Å². The Bertz CT molecular complexity index is 834. The monoisotopic (exact) mass is 388 g/mol. The lowest BCUT2D eigenvalue weighted by atomic mass is 10.1. The maximum absolute atomic E-state index is 12.2. The standard InChI is InChI=1S/C16H24N2O5S2/c1-3-13-6-4-5-7-15(13)17-16(19)8-10-18(24(2,20)21)14-9-11-25(22,23)12-14/h4-7,14H,3,8-12H2,1-2H3,(H,17,19). The fraction of sp³-hybridized carbons (Fsp3) is 0.562. The molecule has 0 saturated carbocycles. The summed E-state index contributed by atoms with van der Waals surface area (Å²) in [5, 5.41) is 2.80. The van der Waals surface area contributed by atoms with E-state index in [2.05, 4.69) is 5.32 Å². The first-order valence-electron chi connectivity index (χ1n) is 8.17. The SMILES string of the molecule is CCc1ccccc1NC(=O)CCN(C1CCS(=O)(=O)C1)S(C)(=O)=O. The largest absolute Gasteiger partial charge is 0.326 e. The van der Waals surface area contributed by atoms with Crippen molar-refractivity contribution in [2.24, 2.45) is 0 Å². The Hall–Kier alpha value is -1.45. The Morgan fingerprint density at radius 3 is 2.56 bits per heavy atom. The van der Waals surface area contributed by atoms with Gasteiger partial charge >= 0.3 is 0 Å². The molecule has 7 nitrogen and oxygen atoms in total. The zero-order valence-corrected chi connectivity index (χ0v) is 16.1. The molecule has 140 valence electrons. The Balaban J connectivity index is 2.02. The topological polar surface area (TPSA) is 101 Å². The van der Waals surface area contributed by atoms with E-state index in [4.69, 9.17) is 0 Å². The molecule has 0 spiro atoms. The number of sulfonamides is 1. The first-order valence-corrected chi connectivity index (χ1v) is 11.8. The van der Waals surface area contributed by atoms with Crippen molar-refractivity contribution in [3.05, 3.63) is 29.8 Å². The van der Waals surface area contributed by atoms with Gasteiger partial charge in [0.2, 0.25) is 15.9 Å². The van der Waals surface area contributed by atoms with E-state index in [-0.39, 0.29) is 36.8 Å². The van der Waals surface area contributed by atoms with Gasteiger partial charge in [-0.3, -0.25) is 4.79 Å². The van der Waals surface area contributed by atoms with Gasteiger partial charge in [0.15, 0.2) is 9.84 Å². The highest BCUT2D eigenvalue weighted by Crippen LogP contribution is 2.21. The van der Waals surface area contributed by atoms with Crippen LogP contribution in [0.15, 0.2) is 24.3 Å². The van der Waals surface area contributed by atoms with Crippen LogP contribution in [0.5, 0.6) is 0 Å². The lowest BCUT2D eigenvalue weighted by molar-refractivity contribution is -0.116. The summed E-state index contributed by atoms with van der Waals surface area (Å²) in [6, 6.07) is 6.84. The molecule has 1 aliphatic heterocycles. The first kappa shape index (κ1) is 19.9. The molecule has 1 fully saturated rings. The number of nitrogens with zero attached hydrogens (tertiary/aromatic N) is 1. The number of anilines is 1. The van der Waals surface area contributed by atoms with Gasteiger partial charge in [-0.2, -0.15) is 4.31 Å². The van der Waals surface area contributed by atoms with Crippen molar-refractivity contribution in [3.8, 4) is 0 Å². The van der Waals surface area contributed by atoms with E-state index in [1.807, 2.05) is 25.1 Å². The highest BCUT2D eigenvalue weighted by atomic mass is 32.2. The van der Waals surface area contributed by atoms with E-state index in [1.54, 1.807) is 6.07 Å². The van der Waals surface area contributed by atoms with E-state index in [0.717, 1.165) is 22.5 Å². The van der Waals surface area contributed by atoms with Crippen LogP contribution in [0.2, 0.25) is 0 Å². The minimum Gasteiger partial charge on any atom is -0.326 e. The summed E-state index contributed by atoms with van der Waals surface area (Å²) in [6.07, 6.45) is 2.06. The molecule has 0 bridgehead atoms. The lowest BCUT2D eigenvalue weighted by Crippen LogP contribution is -2.42. The molecule has 1 amide bonds. The molecule has 1 aliphatic rings. The van der Waals surface area contributed by atoms with Crippen molar-refractivity contribution in [1.29, 1.82) is 0 Å². The third-order valence-electron chi connectivity index (χ3n) is 4.27. The number of aryl methyl sites for hydroxylation is 1. The van der Waals surface area contributed by atoms with Crippen molar-refractivity contribution >= 4 is 31.5 Å². The normalized spacial score (nSPS) is 19.9. The summed E-state index contributed by atoms with van der Waals surface area (Å²) >= 11 is 0. The number of rotatable bonds is 7. The summed E-state index contributed by atoms with van der Waals surface area (Å²) in [5.74, 6) is -0.490. The molecule has 25 heavy (non-hydrogen) atoms. The minimum atomic E-state index is -3.59. The average Bonchev–Trinajstić information content (AvgIpc) is 2.86. The van der Waals surface area contributed by atoms with Gasteiger partial charge in [0.25, 0.3) is 0 Å². The van der Waals surface area contributed by atoms with E-state index < -0.39 is 25.9 Å². The molecule has 1 atom stereocenters. The smallest absolute Gasteiger partial charge is 0.225 e. The van der Waals surface area contributed by atoms with Crippen LogP contribution in [0.25, 0.3) is 0 Å². The second-order valence-electron chi connectivity index (χ2n) is 6.24. The van der Waals surface area contributed by atoms with Crippen LogP contribution < -0.4 is 5.32 Å². The maximum Gasteiger partial charge on any atom is 0.225 e. The van der Waals surface area contributed by atoms with Crippen LogP contribution >= 0.6 is 0 Å². The summed E-state index contributed by atoms with van der Waals surface area (Å²) in [4.78, 5) is 12.2. The zero-order valence-electron chi connectivity index (χ0n) is 14.4. The third-order valence-corrected chi connectivity index (χ3v) is 7.36. The van der Waals surface area contributed by atoms with Crippen LogP contribution in [0.1, 0.15) is 25.3 Å². The molecule has 1 N–H and O–H groups in total. The predicted octanol–water partition coefficient (Wildman–Crippen LogP) is 1.03. The summed E-state index contributed by atoms with van der Waals surface area (Å²) in [7, 11) is -6.79. The Morgan fingerprint density at radius 1 is 1.32 bits per heavy atom. The molecule has 2 rings (SSSR count). The number of benzene rings is 1. The molecule has 1 aromatic carbocycles. The van der Waals surface area contributed by atoms with Crippen LogP contribution in [-0.4, -0.2) is 57.4 Å². The van der Waals surface area contributed by atoms with Crippen molar-refractivity contribution in [2.45, 2.75) is 32.2 Å². The number of sulfone groups is 1. The van der Waals surface area contributed by atoms with E-state index in [1.165, 1.54) is 0 Å². The van der Waals surface area contributed by atoms with Crippen LogP contribution in [0, 0.1) is 0 Å². The van der Waals surface area contributed by atoms with E-state index in [0.29, 0.717) is 5.69 Å². The molecule has 0 aromatic heterocycles. The van der Waals surface area contributed by atoms with E-state index >= 15 is 0 Å². The third kappa shape index (κ3) is 5.52. The molecular formula is C16H24N2O5S2. The quantitative estimate of drug-likeness (QED) is 0.752. The van der Waals surface area contributed by atoms with Crippen molar-refractivity contribution in [1.82, 2.24) is 4.31 Å². The molecule has 1 unspecified atom stereocenters. The highest BCUT2D eigenvalue weighted by molar-refractivity contribution is 7.92. The molecule has 9 heteroatoms. The van der Waals surface area contributed by atoms with Gasteiger partial charge in [-0.1, -0.05) is 25.1 Å². The highest BCUT2D eigenvalue weighted by Gasteiger charge is 2.36. The average molecular weight is 389 g/mol. The minimum absolute atomic E-state index is 0.0141. The molecule has 1 aromatic rings. The molecule has 1 heterocycles. The number of carbonyl (C=O) groups is 1. The Kier molecular flexibility index (Phi) is 6.23. The number of nitrogens with one attached hydrogen (secondary N) is 1. The van der Waals surface area contributed by atoms with Crippen LogP contribution in [-0.2, 0) is 31.1 Å². The van der Waals surface area contributed by atoms with Gasteiger partial charge in [0.05, 0.1) is 17.8 Å². The lowest BCUT2D eigenvalue weighted by Gasteiger charge is -2.25. The van der Waals surface area contributed by atoms with Crippen molar-refractivity contribution in [3.63, 3.8) is 0 Å². The maximum atomic E-state index is 12.2. The van der Waals surface area contributed by atoms with Crippen LogP contribution in [0.4, 0.5) is 5.69 Å². The van der Waals surface area contributed by atoms with Gasteiger partial charge < -0.3 is 5.32 Å². The number of carbonyl (C=O) groups excluding carboxylic acids is 1. The molecular weight excluding hydrogens is 364 g/mol. The Morgan fingerprint density at radius 2 is 2.00 bits per heavy atom. The van der Waals surface area contributed by atoms with Gasteiger partial charge in [-0.15, -0.1) is 0 Å². The zero-order chi connectivity index (χ0) is 18.7. The first-order chi connectivity index (χ1) is 11.6. The second-order valence-corrected chi connectivity index (χ2v) is 10.4. The molecule has 0 aliphatic carbocycles. The van der Waals surface area contributed by atoms with Gasteiger partial charge in [0.1, 0.15) is 0 Å². The summed E-state index contributed by atoms with van der Waals surface area (Å²) < 4.78 is 48.4. The Labute approximate surface area is 149 Å². The molecule has 1 saturated heterocycles. The van der Waals surface area contributed by atoms with Crippen molar-refractivity contribution in [2.75, 3.05) is 29.6 Å². The van der Waals surface area contributed by atoms with Crippen LogP contribution in [0.3, 0.4) is 0 Å². The fourth-order valence-electron chi connectivity index (χ4n) is 3.00.